The molecule has 1 nitrogen and oxygen atoms in total. The zero-order valence-corrected chi connectivity index (χ0v) is 11.3. The molecule has 0 amide bonds. The minimum atomic E-state index is 0.313. The number of allylic oxidation sites excluding steroid dienone is 1. The van der Waals surface area contributed by atoms with Crippen LogP contribution >= 0.6 is 0 Å². The van der Waals surface area contributed by atoms with Crippen LogP contribution in [0.3, 0.4) is 0 Å². The largest absolute Gasteiger partial charge is 0.508 e. The maximum absolute atomic E-state index is 9.23. The van der Waals surface area contributed by atoms with E-state index in [0.29, 0.717) is 11.7 Å². The molecule has 1 N–H and O–H groups in total. The summed E-state index contributed by atoms with van der Waals surface area (Å²) in [4.78, 5) is 0. The summed E-state index contributed by atoms with van der Waals surface area (Å²) in [5.74, 6) is 0.891. The molecule has 1 unspecified atom stereocenters. The number of phenolic OH excluding ortho intramolecular Hbond substituents is 1. The van der Waals surface area contributed by atoms with Gasteiger partial charge in [0.05, 0.1) is 0 Å². The maximum atomic E-state index is 9.23. The van der Waals surface area contributed by atoms with E-state index in [-0.39, 0.29) is 0 Å². The van der Waals surface area contributed by atoms with Crippen LogP contribution in [0.2, 0.25) is 0 Å². The van der Waals surface area contributed by atoms with Crippen molar-refractivity contribution in [3.63, 3.8) is 0 Å². The fourth-order valence-electron chi connectivity index (χ4n) is 2.22. The van der Waals surface area contributed by atoms with Crippen LogP contribution in [0.15, 0.2) is 60.7 Å². The van der Waals surface area contributed by atoms with Gasteiger partial charge in [-0.3, -0.25) is 0 Å². The molecule has 0 radical (unpaired) electrons. The highest BCUT2D eigenvalue weighted by Crippen LogP contribution is 2.23. The molecule has 1 heteroatoms. The third kappa shape index (κ3) is 3.99. The normalized spacial score (nSPS) is 12.7. The molecule has 0 aliphatic rings. The summed E-state index contributed by atoms with van der Waals surface area (Å²) in [6, 6.07) is 17.9. The number of phenols is 1. The van der Waals surface area contributed by atoms with Crippen molar-refractivity contribution >= 4 is 6.08 Å². The van der Waals surface area contributed by atoms with E-state index in [0.717, 1.165) is 18.4 Å². The summed E-state index contributed by atoms with van der Waals surface area (Å²) in [6.07, 6.45) is 6.52. The van der Waals surface area contributed by atoms with Gasteiger partial charge in [0.1, 0.15) is 5.75 Å². The smallest absolute Gasteiger partial charge is 0.115 e. The second-order valence-electron chi connectivity index (χ2n) is 4.75. The van der Waals surface area contributed by atoms with E-state index in [1.807, 2.05) is 12.1 Å². The summed E-state index contributed by atoms with van der Waals surface area (Å²) >= 11 is 0. The van der Waals surface area contributed by atoms with Gasteiger partial charge in [-0.25, -0.2) is 0 Å². The van der Waals surface area contributed by atoms with Crippen molar-refractivity contribution in [2.24, 2.45) is 0 Å². The minimum absolute atomic E-state index is 0.313. The van der Waals surface area contributed by atoms with Crippen molar-refractivity contribution in [2.45, 2.75) is 25.7 Å². The SMILES string of the molecule is CCC(C/C=C/c1ccc(O)cc1)c1ccccc1. The Morgan fingerprint density at radius 1 is 1.00 bits per heavy atom. The fraction of sp³-hybridized carbons (Fsp3) is 0.222. The third-order valence-corrected chi connectivity index (χ3v) is 3.39. The number of aromatic hydroxyl groups is 1. The molecular weight excluding hydrogens is 232 g/mol. The predicted octanol–water partition coefficient (Wildman–Crippen LogP) is 4.99. The topological polar surface area (TPSA) is 20.2 Å². The fourth-order valence-corrected chi connectivity index (χ4v) is 2.22. The Balaban J connectivity index is 1.98. The second-order valence-corrected chi connectivity index (χ2v) is 4.75. The molecule has 0 saturated heterocycles. The lowest BCUT2D eigenvalue weighted by Crippen LogP contribution is -1.94. The zero-order chi connectivity index (χ0) is 13.5. The Labute approximate surface area is 115 Å². The lowest BCUT2D eigenvalue weighted by Gasteiger charge is -2.12. The van der Waals surface area contributed by atoms with Crippen LogP contribution in [0.1, 0.15) is 36.8 Å². The van der Waals surface area contributed by atoms with Crippen LogP contribution in [0.25, 0.3) is 6.08 Å². The molecule has 98 valence electrons. The summed E-state index contributed by atoms with van der Waals surface area (Å²) in [5.41, 5.74) is 2.53. The van der Waals surface area contributed by atoms with Gasteiger partial charge in [-0.15, -0.1) is 0 Å². The standard InChI is InChI=1S/C18H20O/c1-2-16(17-8-4-3-5-9-17)10-6-7-15-11-13-18(19)14-12-15/h3-9,11-14,16,19H,2,10H2,1H3/b7-6+. The molecule has 0 aromatic heterocycles. The van der Waals surface area contributed by atoms with Crippen molar-refractivity contribution in [1.82, 2.24) is 0 Å². The van der Waals surface area contributed by atoms with Gasteiger partial charge >= 0.3 is 0 Å². The highest BCUT2D eigenvalue weighted by atomic mass is 16.3. The van der Waals surface area contributed by atoms with Gasteiger partial charge in [-0.1, -0.05) is 61.5 Å². The molecule has 0 saturated carbocycles. The van der Waals surface area contributed by atoms with Crippen LogP contribution < -0.4 is 0 Å². The summed E-state index contributed by atoms with van der Waals surface area (Å²) in [7, 11) is 0. The molecular formula is C18H20O. The highest BCUT2D eigenvalue weighted by molar-refractivity contribution is 5.50. The van der Waals surface area contributed by atoms with Crippen molar-refractivity contribution in [1.29, 1.82) is 0 Å². The zero-order valence-electron chi connectivity index (χ0n) is 11.3. The van der Waals surface area contributed by atoms with Gasteiger partial charge in [0, 0.05) is 0 Å². The molecule has 0 heterocycles. The Morgan fingerprint density at radius 3 is 2.32 bits per heavy atom. The molecule has 2 aromatic carbocycles. The predicted molar refractivity (Wildman–Crippen MR) is 81.2 cm³/mol. The quantitative estimate of drug-likeness (QED) is 0.794. The van der Waals surface area contributed by atoms with E-state index in [1.165, 1.54) is 5.56 Å². The van der Waals surface area contributed by atoms with E-state index < -0.39 is 0 Å². The minimum Gasteiger partial charge on any atom is -0.508 e. The molecule has 0 spiro atoms. The Kier molecular flexibility index (Phi) is 4.79. The monoisotopic (exact) mass is 252 g/mol. The van der Waals surface area contributed by atoms with Crippen molar-refractivity contribution < 1.29 is 5.11 Å². The summed E-state index contributed by atoms with van der Waals surface area (Å²) < 4.78 is 0. The lowest BCUT2D eigenvalue weighted by molar-refractivity contribution is 0.475. The van der Waals surface area contributed by atoms with E-state index >= 15 is 0 Å². The third-order valence-electron chi connectivity index (χ3n) is 3.39. The molecule has 0 aliphatic carbocycles. The Morgan fingerprint density at radius 2 is 1.68 bits per heavy atom. The first-order valence-electron chi connectivity index (χ1n) is 6.80. The van der Waals surface area contributed by atoms with Gasteiger partial charge < -0.3 is 5.11 Å². The van der Waals surface area contributed by atoms with Crippen molar-refractivity contribution in [3.05, 3.63) is 71.8 Å². The first-order chi connectivity index (χ1) is 9.29. The van der Waals surface area contributed by atoms with Crippen LogP contribution in [-0.2, 0) is 0 Å². The number of rotatable bonds is 5. The first-order valence-corrected chi connectivity index (χ1v) is 6.80. The van der Waals surface area contributed by atoms with Crippen molar-refractivity contribution in [3.8, 4) is 5.75 Å². The maximum Gasteiger partial charge on any atom is 0.115 e. The number of hydrogen-bond acceptors (Lipinski definition) is 1. The van der Waals surface area contributed by atoms with Gasteiger partial charge in [-0.2, -0.15) is 0 Å². The van der Waals surface area contributed by atoms with Gasteiger partial charge in [0.2, 0.25) is 0 Å². The van der Waals surface area contributed by atoms with Crippen molar-refractivity contribution in [2.75, 3.05) is 0 Å². The Hall–Kier alpha value is -2.02. The molecule has 0 bridgehead atoms. The molecule has 0 fully saturated rings. The second kappa shape index (κ2) is 6.79. The van der Waals surface area contributed by atoms with Gasteiger partial charge in [-0.05, 0) is 42.0 Å². The van der Waals surface area contributed by atoms with Crippen LogP contribution in [0.4, 0.5) is 0 Å². The molecule has 1 atom stereocenters. The first kappa shape index (κ1) is 13.4. The van der Waals surface area contributed by atoms with E-state index in [2.05, 4.69) is 49.4 Å². The van der Waals surface area contributed by atoms with Crippen LogP contribution in [-0.4, -0.2) is 5.11 Å². The van der Waals surface area contributed by atoms with Crippen LogP contribution in [0, 0.1) is 0 Å². The summed E-state index contributed by atoms with van der Waals surface area (Å²) in [6.45, 7) is 2.23. The number of benzene rings is 2. The molecule has 2 rings (SSSR count). The van der Waals surface area contributed by atoms with Gasteiger partial charge in [0.25, 0.3) is 0 Å². The molecule has 2 aromatic rings. The number of hydrogen-bond donors (Lipinski definition) is 1. The molecule has 0 aliphatic heterocycles. The van der Waals surface area contributed by atoms with E-state index in [9.17, 15) is 5.11 Å². The Bertz CT molecular complexity index is 511. The van der Waals surface area contributed by atoms with E-state index in [4.69, 9.17) is 0 Å². The average molecular weight is 252 g/mol. The summed E-state index contributed by atoms with van der Waals surface area (Å²) in [5, 5.41) is 9.23. The average Bonchev–Trinajstić information content (AvgIpc) is 2.46. The van der Waals surface area contributed by atoms with Gasteiger partial charge in [0.15, 0.2) is 0 Å². The van der Waals surface area contributed by atoms with E-state index in [1.54, 1.807) is 12.1 Å². The lowest BCUT2D eigenvalue weighted by atomic mass is 9.93. The van der Waals surface area contributed by atoms with Crippen LogP contribution in [0.5, 0.6) is 5.75 Å². The highest BCUT2D eigenvalue weighted by Gasteiger charge is 2.06. The molecule has 19 heavy (non-hydrogen) atoms.